The molecule has 1 aliphatic rings. The van der Waals surface area contributed by atoms with E-state index < -0.39 is 0 Å². The van der Waals surface area contributed by atoms with E-state index in [1.165, 1.54) is 18.9 Å². The molecule has 2 heteroatoms. The zero-order valence-electron chi connectivity index (χ0n) is 8.98. The first kappa shape index (κ1) is 10.3. The molecule has 0 amide bonds. The molecule has 0 spiro atoms. The molecule has 0 atom stereocenters. The summed E-state index contributed by atoms with van der Waals surface area (Å²) in [5, 5.41) is 0. The minimum absolute atomic E-state index is 0.0182. The fourth-order valence-corrected chi connectivity index (χ4v) is 2.21. The summed E-state index contributed by atoms with van der Waals surface area (Å²) < 4.78 is 13.6. The second-order valence-electron chi connectivity index (χ2n) is 4.30. The highest BCUT2D eigenvalue weighted by molar-refractivity contribution is 5.78. The number of halogens is 1. The number of aryl methyl sites for hydroxylation is 2. The number of carbonyl (C=O) groups is 1. The number of benzene rings is 1. The molecule has 1 aliphatic carbocycles. The Balaban J connectivity index is 2.36. The van der Waals surface area contributed by atoms with Crippen LogP contribution < -0.4 is 0 Å². The molecule has 1 aromatic carbocycles. The van der Waals surface area contributed by atoms with E-state index in [4.69, 9.17) is 0 Å². The van der Waals surface area contributed by atoms with E-state index in [-0.39, 0.29) is 18.0 Å². The van der Waals surface area contributed by atoms with Crippen LogP contribution >= 0.6 is 0 Å². The van der Waals surface area contributed by atoms with Crippen molar-refractivity contribution in [3.8, 4) is 0 Å². The second-order valence-corrected chi connectivity index (χ2v) is 4.30. The molecule has 0 aromatic heterocycles. The van der Waals surface area contributed by atoms with Crippen molar-refractivity contribution in [3.05, 3.63) is 34.6 Å². The number of rotatable bonds is 2. The fraction of sp³-hybridized carbons (Fsp3) is 0.462. The highest BCUT2D eigenvalue weighted by atomic mass is 19.1. The van der Waals surface area contributed by atoms with Gasteiger partial charge in [-0.2, -0.15) is 0 Å². The van der Waals surface area contributed by atoms with Gasteiger partial charge < -0.3 is 0 Å². The third-order valence-corrected chi connectivity index (χ3v) is 2.95. The molecule has 0 unspecified atom stereocenters. The predicted molar refractivity (Wildman–Crippen MR) is 57.4 cm³/mol. The zero-order valence-corrected chi connectivity index (χ0v) is 8.98. The molecule has 0 saturated heterocycles. The summed E-state index contributed by atoms with van der Waals surface area (Å²) in [6.45, 7) is 1.50. The van der Waals surface area contributed by atoms with Gasteiger partial charge in [0.25, 0.3) is 0 Å². The molecule has 0 radical (unpaired) electrons. The van der Waals surface area contributed by atoms with Crippen LogP contribution in [-0.4, -0.2) is 5.78 Å². The molecular formula is C13H15FO. The quantitative estimate of drug-likeness (QED) is 0.727. The van der Waals surface area contributed by atoms with Gasteiger partial charge in [-0.15, -0.1) is 0 Å². The van der Waals surface area contributed by atoms with E-state index in [0.717, 1.165) is 24.8 Å². The second kappa shape index (κ2) is 4.13. The normalized spacial score (nSPS) is 14.8. The Morgan fingerprint density at radius 2 is 1.87 bits per heavy atom. The molecule has 0 aliphatic heterocycles. The van der Waals surface area contributed by atoms with Crippen molar-refractivity contribution in [2.75, 3.05) is 0 Å². The summed E-state index contributed by atoms with van der Waals surface area (Å²) in [4.78, 5) is 11.0. The van der Waals surface area contributed by atoms with Crippen LogP contribution in [0.2, 0.25) is 0 Å². The molecule has 1 nitrogen and oxygen atoms in total. The average Bonchev–Trinajstić information content (AvgIpc) is 2.18. The number of hydrogen-bond acceptors (Lipinski definition) is 1. The van der Waals surface area contributed by atoms with E-state index in [9.17, 15) is 9.18 Å². The van der Waals surface area contributed by atoms with Gasteiger partial charge in [0.05, 0.1) is 0 Å². The Hall–Kier alpha value is -1.18. The van der Waals surface area contributed by atoms with Gasteiger partial charge >= 0.3 is 0 Å². The summed E-state index contributed by atoms with van der Waals surface area (Å²) in [6, 6.07) is 3.50. The van der Waals surface area contributed by atoms with Gasteiger partial charge in [0.1, 0.15) is 11.6 Å². The Labute approximate surface area is 89.3 Å². The molecular weight excluding hydrogens is 191 g/mol. The van der Waals surface area contributed by atoms with Crippen LogP contribution in [0.1, 0.15) is 36.5 Å². The standard InChI is InChI=1S/C13H15FO/c1-9(15)6-12-7-10-4-2-3-5-11(10)8-13(12)14/h7-8H,2-6H2,1H3. The Morgan fingerprint density at radius 1 is 1.27 bits per heavy atom. The summed E-state index contributed by atoms with van der Waals surface area (Å²) in [6.07, 6.45) is 4.56. The Bertz CT molecular complexity index is 396. The number of hydrogen-bond donors (Lipinski definition) is 0. The van der Waals surface area contributed by atoms with Crippen molar-refractivity contribution in [1.82, 2.24) is 0 Å². The third kappa shape index (κ3) is 2.25. The Kier molecular flexibility index (Phi) is 2.85. The van der Waals surface area contributed by atoms with Gasteiger partial charge in [0.2, 0.25) is 0 Å². The topological polar surface area (TPSA) is 17.1 Å². The van der Waals surface area contributed by atoms with Crippen LogP contribution in [0.4, 0.5) is 4.39 Å². The summed E-state index contributed by atoms with van der Waals surface area (Å²) in [5.74, 6) is -0.199. The molecule has 0 fully saturated rings. The van der Waals surface area contributed by atoms with Gasteiger partial charge in [-0.25, -0.2) is 4.39 Å². The first-order chi connectivity index (χ1) is 7.16. The van der Waals surface area contributed by atoms with Crippen molar-refractivity contribution < 1.29 is 9.18 Å². The number of ketones is 1. The molecule has 0 bridgehead atoms. The minimum atomic E-state index is -0.217. The largest absolute Gasteiger partial charge is 0.300 e. The summed E-state index contributed by atoms with van der Waals surface area (Å²) >= 11 is 0. The molecule has 15 heavy (non-hydrogen) atoms. The number of fused-ring (bicyclic) bond motifs is 1. The maximum absolute atomic E-state index is 13.6. The van der Waals surface area contributed by atoms with Crippen molar-refractivity contribution in [2.45, 2.75) is 39.0 Å². The van der Waals surface area contributed by atoms with Crippen LogP contribution in [0.15, 0.2) is 12.1 Å². The van der Waals surface area contributed by atoms with Gasteiger partial charge in [-0.1, -0.05) is 6.07 Å². The molecule has 2 rings (SSSR count). The van der Waals surface area contributed by atoms with Gasteiger partial charge in [0.15, 0.2) is 0 Å². The van der Waals surface area contributed by atoms with Crippen LogP contribution in [0.3, 0.4) is 0 Å². The minimum Gasteiger partial charge on any atom is -0.300 e. The lowest BCUT2D eigenvalue weighted by molar-refractivity contribution is -0.116. The van der Waals surface area contributed by atoms with E-state index in [1.807, 2.05) is 6.07 Å². The molecule has 1 aromatic rings. The molecule has 80 valence electrons. The molecule has 0 heterocycles. The maximum Gasteiger partial charge on any atom is 0.134 e. The molecule has 0 N–H and O–H groups in total. The number of carbonyl (C=O) groups excluding carboxylic acids is 1. The van der Waals surface area contributed by atoms with Crippen molar-refractivity contribution in [3.63, 3.8) is 0 Å². The molecule has 0 saturated carbocycles. The third-order valence-electron chi connectivity index (χ3n) is 2.95. The average molecular weight is 206 g/mol. The van der Waals surface area contributed by atoms with Crippen LogP contribution in [-0.2, 0) is 24.1 Å². The lowest BCUT2D eigenvalue weighted by Gasteiger charge is -2.17. The van der Waals surface area contributed by atoms with E-state index in [0.29, 0.717) is 5.56 Å². The van der Waals surface area contributed by atoms with Gasteiger partial charge in [-0.3, -0.25) is 4.79 Å². The maximum atomic E-state index is 13.6. The van der Waals surface area contributed by atoms with Crippen molar-refractivity contribution >= 4 is 5.78 Å². The predicted octanol–water partition coefficient (Wildman–Crippen LogP) is 2.84. The van der Waals surface area contributed by atoms with Gasteiger partial charge in [0, 0.05) is 6.42 Å². The highest BCUT2D eigenvalue weighted by Gasteiger charge is 2.14. The summed E-state index contributed by atoms with van der Waals surface area (Å²) in [7, 11) is 0. The SMILES string of the molecule is CC(=O)Cc1cc2c(cc1F)CCCC2. The highest BCUT2D eigenvalue weighted by Crippen LogP contribution is 2.24. The lowest BCUT2D eigenvalue weighted by atomic mass is 9.89. The van der Waals surface area contributed by atoms with E-state index >= 15 is 0 Å². The zero-order chi connectivity index (χ0) is 10.8. The van der Waals surface area contributed by atoms with Crippen LogP contribution in [0.5, 0.6) is 0 Å². The lowest BCUT2D eigenvalue weighted by Crippen LogP contribution is -2.07. The van der Waals surface area contributed by atoms with Crippen molar-refractivity contribution in [2.24, 2.45) is 0 Å². The fourth-order valence-electron chi connectivity index (χ4n) is 2.21. The summed E-state index contributed by atoms with van der Waals surface area (Å²) in [5.41, 5.74) is 2.92. The van der Waals surface area contributed by atoms with Crippen LogP contribution in [0, 0.1) is 5.82 Å². The van der Waals surface area contributed by atoms with E-state index in [1.54, 1.807) is 6.07 Å². The number of Topliss-reactive ketones (excluding diaryl/α,β-unsaturated/α-hetero) is 1. The van der Waals surface area contributed by atoms with Gasteiger partial charge in [-0.05, 0) is 55.4 Å². The first-order valence-electron chi connectivity index (χ1n) is 5.46. The van der Waals surface area contributed by atoms with Crippen molar-refractivity contribution in [1.29, 1.82) is 0 Å². The smallest absolute Gasteiger partial charge is 0.134 e. The van der Waals surface area contributed by atoms with E-state index in [2.05, 4.69) is 0 Å². The Morgan fingerprint density at radius 3 is 2.47 bits per heavy atom. The van der Waals surface area contributed by atoms with Crippen LogP contribution in [0.25, 0.3) is 0 Å². The first-order valence-corrected chi connectivity index (χ1v) is 5.46. The monoisotopic (exact) mass is 206 g/mol.